The van der Waals surface area contributed by atoms with Crippen LogP contribution < -0.4 is 4.74 Å². The molecule has 8 heteroatoms. The highest BCUT2D eigenvalue weighted by atomic mass is 32.1. The molecule has 6 nitrogen and oxygen atoms in total. The van der Waals surface area contributed by atoms with Crippen LogP contribution in [0.5, 0.6) is 5.75 Å². The second kappa shape index (κ2) is 9.48. The molecule has 2 amide bonds. The molecule has 0 bridgehead atoms. The maximum Gasteiger partial charge on any atom is 0.265 e. The van der Waals surface area contributed by atoms with Crippen LogP contribution in [0.1, 0.15) is 32.6 Å². The van der Waals surface area contributed by atoms with Gasteiger partial charge in [-0.1, -0.05) is 0 Å². The van der Waals surface area contributed by atoms with Crippen molar-refractivity contribution < 1.29 is 18.7 Å². The Morgan fingerprint density at radius 2 is 1.56 bits per heavy atom. The Labute approximate surface area is 190 Å². The molecule has 4 rings (SSSR count). The van der Waals surface area contributed by atoms with Crippen LogP contribution >= 0.6 is 11.3 Å². The average molecular weight is 454 g/mol. The number of carbonyl (C=O) groups excluding carboxylic acids is 2. The number of benzene rings is 2. The minimum atomic E-state index is -0.374. The Kier molecular flexibility index (Phi) is 6.50. The smallest absolute Gasteiger partial charge is 0.265 e. The lowest BCUT2D eigenvalue weighted by atomic mass is 10.1. The minimum absolute atomic E-state index is 0.0638. The van der Waals surface area contributed by atoms with Gasteiger partial charge < -0.3 is 14.5 Å². The normalized spacial score (nSPS) is 13.8. The molecule has 1 aromatic heterocycles. The number of halogens is 1. The van der Waals surface area contributed by atoms with E-state index < -0.39 is 0 Å². The van der Waals surface area contributed by atoms with Crippen LogP contribution in [0.15, 0.2) is 48.5 Å². The van der Waals surface area contributed by atoms with E-state index in [0.717, 1.165) is 16.3 Å². The van der Waals surface area contributed by atoms with Crippen molar-refractivity contribution in [2.24, 2.45) is 0 Å². The summed E-state index contributed by atoms with van der Waals surface area (Å²) >= 11 is 1.38. The molecule has 3 aromatic rings. The summed E-state index contributed by atoms with van der Waals surface area (Å²) in [4.78, 5) is 34.4. The van der Waals surface area contributed by atoms with Crippen molar-refractivity contribution in [2.45, 2.75) is 13.8 Å². The van der Waals surface area contributed by atoms with Gasteiger partial charge in [-0.3, -0.25) is 9.59 Å². The van der Waals surface area contributed by atoms with Crippen LogP contribution in [0.3, 0.4) is 0 Å². The zero-order chi connectivity index (χ0) is 22.7. The summed E-state index contributed by atoms with van der Waals surface area (Å²) < 4.78 is 18.6. The van der Waals surface area contributed by atoms with Crippen molar-refractivity contribution in [3.63, 3.8) is 0 Å². The number of hydrogen-bond donors (Lipinski definition) is 0. The number of nitrogens with zero attached hydrogens (tertiary/aromatic N) is 3. The molecular formula is C24H24FN3O3S. The Hall–Kier alpha value is -3.26. The number of carbonyl (C=O) groups is 2. The summed E-state index contributed by atoms with van der Waals surface area (Å²) in [7, 11) is 0. The second-order valence-corrected chi connectivity index (χ2v) is 8.48. The van der Waals surface area contributed by atoms with E-state index in [1.54, 1.807) is 9.80 Å². The van der Waals surface area contributed by atoms with Crippen molar-refractivity contribution in [1.82, 2.24) is 14.8 Å². The largest absolute Gasteiger partial charge is 0.494 e. The number of amides is 2. The van der Waals surface area contributed by atoms with Crippen molar-refractivity contribution in [3.05, 3.63) is 70.5 Å². The molecule has 1 saturated heterocycles. The third-order valence-electron chi connectivity index (χ3n) is 5.35. The third-order valence-corrected chi connectivity index (χ3v) is 6.54. The Balaban J connectivity index is 1.41. The Bertz CT molecular complexity index is 1100. The second-order valence-electron chi connectivity index (χ2n) is 7.48. The topological polar surface area (TPSA) is 62.7 Å². The monoisotopic (exact) mass is 453 g/mol. The molecule has 166 valence electrons. The number of ether oxygens (including phenoxy) is 1. The fourth-order valence-electron chi connectivity index (χ4n) is 3.61. The van der Waals surface area contributed by atoms with Gasteiger partial charge in [0.15, 0.2) is 0 Å². The third kappa shape index (κ3) is 4.65. The molecule has 0 radical (unpaired) electrons. The first-order valence-corrected chi connectivity index (χ1v) is 11.3. The van der Waals surface area contributed by atoms with Gasteiger partial charge in [0.1, 0.15) is 21.5 Å². The summed E-state index contributed by atoms with van der Waals surface area (Å²) in [6.45, 7) is 6.15. The van der Waals surface area contributed by atoms with E-state index in [2.05, 4.69) is 4.98 Å². The number of thiazole rings is 1. The highest BCUT2D eigenvalue weighted by Crippen LogP contribution is 2.30. The van der Waals surface area contributed by atoms with Crippen LogP contribution in [0.25, 0.3) is 10.6 Å². The number of hydrogen-bond acceptors (Lipinski definition) is 5. The lowest BCUT2D eigenvalue weighted by molar-refractivity contribution is 0.0537. The summed E-state index contributed by atoms with van der Waals surface area (Å²) in [5, 5.41) is 0.791. The van der Waals surface area contributed by atoms with E-state index in [0.29, 0.717) is 48.9 Å². The van der Waals surface area contributed by atoms with E-state index in [1.807, 2.05) is 38.1 Å². The number of aryl methyl sites for hydroxylation is 1. The summed E-state index contributed by atoms with van der Waals surface area (Å²) in [5.74, 6) is 0.213. The molecular weight excluding hydrogens is 429 g/mol. The molecule has 1 fully saturated rings. The average Bonchev–Trinajstić information content (AvgIpc) is 3.21. The lowest BCUT2D eigenvalue weighted by Gasteiger charge is -2.34. The van der Waals surface area contributed by atoms with Crippen LogP contribution in [-0.2, 0) is 0 Å². The maximum absolute atomic E-state index is 13.1. The van der Waals surface area contributed by atoms with Gasteiger partial charge in [0.2, 0.25) is 0 Å². The fraction of sp³-hybridized carbons (Fsp3) is 0.292. The first-order chi connectivity index (χ1) is 15.5. The van der Waals surface area contributed by atoms with E-state index in [9.17, 15) is 14.0 Å². The Morgan fingerprint density at radius 1 is 0.969 bits per heavy atom. The van der Waals surface area contributed by atoms with E-state index >= 15 is 0 Å². The molecule has 0 unspecified atom stereocenters. The highest BCUT2D eigenvalue weighted by molar-refractivity contribution is 7.17. The van der Waals surface area contributed by atoms with E-state index in [-0.39, 0.29) is 17.6 Å². The maximum atomic E-state index is 13.1. The minimum Gasteiger partial charge on any atom is -0.494 e. The summed E-state index contributed by atoms with van der Waals surface area (Å²) in [6, 6.07) is 13.2. The first-order valence-electron chi connectivity index (χ1n) is 10.5. The van der Waals surface area contributed by atoms with Crippen molar-refractivity contribution in [1.29, 1.82) is 0 Å². The molecule has 32 heavy (non-hydrogen) atoms. The van der Waals surface area contributed by atoms with Crippen LogP contribution in [0.4, 0.5) is 4.39 Å². The number of rotatable bonds is 5. The van der Waals surface area contributed by atoms with Crippen molar-refractivity contribution >= 4 is 23.2 Å². The van der Waals surface area contributed by atoms with E-state index in [1.165, 1.54) is 35.6 Å². The Morgan fingerprint density at radius 3 is 2.16 bits per heavy atom. The van der Waals surface area contributed by atoms with Crippen molar-refractivity contribution in [2.75, 3.05) is 32.8 Å². The predicted octanol–water partition coefficient (Wildman–Crippen LogP) is 4.25. The SMILES string of the molecule is CCOc1ccc(-c2nc(C)c(C(=O)N3CCN(C(=O)c4ccc(F)cc4)CC3)s2)cc1. The standard InChI is InChI=1S/C24H24FN3O3S/c1-3-31-20-10-6-17(7-11-20)22-26-16(2)21(32-22)24(30)28-14-12-27(13-15-28)23(29)18-4-8-19(25)9-5-18/h4-11H,3,12-15H2,1-2H3. The van der Waals surface area contributed by atoms with Gasteiger partial charge >= 0.3 is 0 Å². The molecule has 0 aliphatic carbocycles. The van der Waals surface area contributed by atoms with Crippen LogP contribution in [-0.4, -0.2) is 59.4 Å². The molecule has 0 atom stereocenters. The van der Waals surface area contributed by atoms with Gasteiger partial charge in [0.25, 0.3) is 11.8 Å². The summed E-state index contributed by atoms with van der Waals surface area (Å²) in [5.41, 5.74) is 2.09. The van der Waals surface area contributed by atoms with Gasteiger partial charge in [0.05, 0.1) is 12.3 Å². The molecule has 0 saturated carbocycles. The molecule has 1 aliphatic heterocycles. The van der Waals surface area contributed by atoms with Gasteiger partial charge in [0, 0.05) is 37.3 Å². The van der Waals surface area contributed by atoms with Gasteiger partial charge in [-0.15, -0.1) is 11.3 Å². The molecule has 2 aromatic carbocycles. The molecule has 0 N–H and O–H groups in total. The van der Waals surface area contributed by atoms with Crippen molar-refractivity contribution in [3.8, 4) is 16.3 Å². The zero-order valence-corrected chi connectivity index (χ0v) is 18.8. The van der Waals surface area contributed by atoms with Crippen LogP contribution in [0.2, 0.25) is 0 Å². The quantitative estimate of drug-likeness (QED) is 0.579. The number of aromatic nitrogens is 1. The predicted molar refractivity (Wildman–Crippen MR) is 122 cm³/mol. The first kappa shape index (κ1) is 22.0. The van der Waals surface area contributed by atoms with Crippen LogP contribution in [0, 0.1) is 12.7 Å². The van der Waals surface area contributed by atoms with Gasteiger partial charge in [-0.05, 0) is 62.4 Å². The summed E-state index contributed by atoms with van der Waals surface area (Å²) in [6.07, 6.45) is 0. The highest BCUT2D eigenvalue weighted by Gasteiger charge is 2.28. The van der Waals surface area contributed by atoms with E-state index in [4.69, 9.17) is 4.74 Å². The molecule has 1 aliphatic rings. The fourth-order valence-corrected chi connectivity index (χ4v) is 4.65. The molecule has 2 heterocycles. The lowest BCUT2D eigenvalue weighted by Crippen LogP contribution is -2.50. The number of piperazine rings is 1. The zero-order valence-electron chi connectivity index (χ0n) is 18.0. The van der Waals surface area contributed by atoms with Gasteiger partial charge in [-0.2, -0.15) is 0 Å². The van der Waals surface area contributed by atoms with Gasteiger partial charge in [-0.25, -0.2) is 9.37 Å². The molecule has 0 spiro atoms.